The number of aromatic nitrogens is 3. The molecule has 0 saturated carbocycles. The van der Waals surface area contributed by atoms with Crippen molar-refractivity contribution in [1.29, 1.82) is 0 Å². The van der Waals surface area contributed by atoms with Crippen LogP contribution in [0, 0.1) is 0 Å². The van der Waals surface area contributed by atoms with Crippen molar-refractivity contribution in [2.45, 2.75) is 13.3 Å². The SMILES string of the molecule is CCc1cc(-c2nc(-c3ncccc3Cl)no2)c(N)s1. The molecule has 0 aromatic carbocycles. The van der Waals surface area contributed by atoms with Crippen LogP contribution in [0.3, 0.4) is 0 Å². The molecule has 3 heterocycles. The molecule has 3 rings (SSSR count). The standard InChI is InChI=1S/C13H11ClN4OS/c1-2-7-6-8(11(15)20-7)13-17-12(18-19-13)10-9(14)4-3-5-16-10/h3-6H,2,15H2,1H3. The van der Waals surface area contributed by atoms with Gasteiger partial charge >= 0.3 is 0 Å². The molecule has 3 aromatic heterocycles. The van der Waals surface area contributed by atoms with Crippen LogP contribution in [0.5, 0.6) is 0 Å². The third-order valence-electron chi connectivity index (χ3n) is 2.79. The molecule has 0 amide bonds. The fourth-order valence-electron chi connectivity index (χ4n) is 1.78. The minimum absolute atomic E-state index is 0.356. The van der Waals surface area contributed by atoms with Gasteiger partial charge in [0.2, 0.25) is 5.82 Å². The van der Waals surface area contributed by atoms with Crippen molar-refractivity contribution in [2.75, 3.05) is 5.73 Å². The summed E-state index contributed by atoms with van der Waals surface area (Å²) in [6.07, 6.45) is 2.55. The van der Waals surface area contributed by atoms with Gasteiger partial charge in [0.25, 0.3) is 5.89 Å². The highest BCUT2D eigenvalue weighted by atomic mass is 35.5. The zero-order valence-electron chi connectivity index (χ0n) is 10.6. The highest BCUT2D eigenvalue weighted by Crippen LogP contribution is 2.34. The first kappa shape index (κ1) is 13.1. The Morgan fingerprint density at radius 1 is 1.45 bits per heavy atom. The molecule has 3 aromatic rings. The summed E-state index contributed by atoms with van der Waals surface area (Å²) in [6.45, 7) is 2.07. The van der Waals surface area contributed by atoms with E-state index in [0.717, 1.165) is 12.0 Å². The van der Waals surface area contributed by atoms with E-state index in [4.69, 9.17) is 21.9 Å². The second-order valence-corrected chi connectivity index (χ2v) is 5.68. The fourth-order valence-corrected chi connectivity index (χ4v) is 2.84. The zero-order chi connectivity index (χ0) is 14.1. The van der Waals surface area contributed by atoms with Gasteiger partial charge in [0.1, 0.15) is 5.69 Å². The average molecular weight is 307 g/mol. The highest BCUT2D eigenvalue weighted by Gasteiger charge is 2.17. The second-order valence-electron chi connectivity index (χ2n) is 4.10. The maximum atomic E-state index is 6.07. The summed E-state index contributed by atoms with van der Waals surface area (Å²) in [5.41, 5.74) is 7.23. The Bertz CT molecular complexity index is 752. The van der Waals surface area contributed by atoms with Gasteiger partial charge in [-0.1, -0.05) is 23.7 Å². The molecule has 0 aliphatic carbocycles. The largest absolute Gasteiger partial charge is 0.390 e. The first-order valence-corrected chi connectivity index (χ1v) is 7.21. The summed E-state index contributed by atoms with van der Waals surface area (Å²) in [7, 11) is 0. The van der Waals surface area contributed by atoms with Crippen molar-refractivity contribution in [3.63, 3.8) is 0 Å². The van der Waals surface area contributed by atoms with Crippen LogP contribution in [0.1, 0.15) is 11.8 Å². The topological polar surface area (TPSA) is 77.8 Å². The Kier molecular flexibility index (Phi) is 3.42. The quantitative estimate of drug-likeness (QED) is 0.799. The summed E-state index contributed by atoms with van der Waals surface area (Å²) in [6, 6.07) is 5.45. The maximum absolute atomic E-state index is 6.07. The van der Waals surface area contributed by atoms with Crippen LogP contribution in [0.25, 0.3) is 23.0 Å². The number of pyridine rings is 1. The lowest BCUT2D eigenvalue weighted by Crippen LogP contribution is -1.87. The van der Waals surface area contributed by atoms with Gasteiger partial charge in [-0.3, -0.25) is 4.98 Å². The molecule has 0 bridgehead atoms. The number of nitrogens with zero attached hydrogens (tertiary/aromatic N) is 3. The number of thiophene rings is 1. The molecular formula is C13H11ClN4OS. The molecule has 20 heavy (non-hydrogen) atoms. The summed E-state index contributed by atoms with van der Waals surface area (Å²) in [5, 5.41) is 5.07. The smallest absolute Gasteiger partial charge is 0.261 e. The maximum Gasteiger partial charge on any atom is 0.261 e. The van der Waals surface area contributed by atoms with E-state index in [-0.39, 0.29) is 0 Å². The van der Waals surface area contributed by atoms with Gasteiger partial charge < -0.3 is 10.3 Å². The van der Waals surface area contributed by atoms with Crippen LogP contribution < -0.4 is 5.73 Å². The molecule has 0 fully saturated rings. The van der Waals surface area contributed by atoms with Crippen LogP contribution in [0.2, 0.25) is 5.02 Å². The lowest BCUT2D eigenvalue weighted by molar-refractivity contribution is 0.432. The molecule has 0 aliphatic heterocycles. The van der Waals surface area contributed by atoms with E-state index in [1.807, 2.05) is 6.07 Å². The average Bonchev–Trinajstić information content (AvgIpc) is 3.05. The first-order chi connectivity index (χ1) is 9.69. The van der Waals surface area contributed by atoms with E-state index in [1.165, 1.54) is 16.2 Å². The van der Waals surface area contributed by atoms with Crippen molar-refractivity contribution < 1.29 is 4.52 Å². The molecule has 102 valence electrons. The van der Waals surface area contributed by atoms with Gasteiger partial charge in [-0.25, -0.2) is 0 Å². The number of hydrogen-bond acceptors (Lipinski definition) is 6. The Balaban J connectivity index is 2.02. The van der Waals surface area contributed by atoms with Crippen molar-refractivity contribution in [3.05, 3.63) is 34.3 Å². The molecule has 0 atom stereocenters. The number of nitrogen functional groups attached to an aromatic ring is 1. The summed E-state index contributed by atoms with van der Waals surface area (Å²) >= 11 is 7.59. The summed E-state index contributed by atoms with van der Waals surface area (Å²) < 4.78 is 5.27. The number of anilines is 1. The predicted octanol–water partition coefficient (Wildman–Crippen LogP) is 3.66. The number of rotatable bonds is 3. The summed E-state index contributed by atoms with van der Waals surface area (Å²) in [5.74, 6) is 0.740. The fraction of sp³-hybridized carbons (Fsp3) is 0.154. The van der Waals surface area contributed by atoms with Crippen LogP contribution in [0.4, 0.5) is 5.00 Å². The molecule has 0 aliphatic rings. The number of nitrogens with two attached hydrogens (primary N) is 1. The summed E-state index contributed by atoms with van der Waals surface area (Å²) in [4.78, 5) is 9.65. The third kappa shape index (κ3) is 2.28. The van der Waals surface area contributed by atoms with Gasteiger partial charge in [-0.2, -0.15) is 4.98 Å². The van der Waals surface area contributed by atoms with E-state index >= 15 is 0 Å². The minimum Gasteiger partial charge on any atom is -0.390 e. The Morgan fingerprint density at radius 3 is 3.00 bits per heavy atom. The van der Waals surface area contributed by atoms with Crippen molar-refractivity contribution in [1.82, 2.24) is 15.1 Å². The van der Waals surface area contributed by atoms with Gasteiger partial charge in [-0.05, 0) is 24.6 Å². The third-order valence-corrected chi connectivity index (χ3v) is 4.20. The lowest BCUT2D eigenvalue weighted by atomic mass is 10.2. The van der Waals surface area contributed by atoms with Crippen LogP contribution in [-0.2, 0) is 6.42 Å². The van der Waals surface area contributed by atoms with Crippen LogP contribution in [-0.4, -0.2) is 15.1 Å². The zero-order valence-corrected chi connectivity index (χ0v) is 12.2. The van der Waals surface area contributed by atoms with E-state index in [0.29, 0.717) is 27.4 Å². The highest BCUT2D eigenvalue weighted by molar-refractivity contribution is 7.16. The normalized spacial score (nSPS) is 10.9. The van der Waals surface area contributed by atoms with E-state index in [2.05, 4.69) is 22.0 Å². The van der Waals surface area contributed by atoms with Gasteiger partial charge in [0.05, 0.1) is 15.6 Å². The minimum atomic E-state index is 0.356. The number of hydrogen-bond donors (Lipinski definition) is 1. The lowest BCUT2D eigenvalue weighted by Gasteiger charge is -1.94. The van der Waals surface area contributed by atoms with Crippen molar-refractivity contribution in [2.24, 2.45) is 0 Å². The predicted molar refractivity (Wildman–Crippen MR) is 79.6 cm³/mol. The molecule has 7 heteroatoms. The van der Waals surface area contributed by atoms with E-state index in [9.17, 15) is 0 Å². The van der Waals surface area contributed by atoms with Gasteiger partial charge in [0.15, 0.2) is 0 Å². The van der Waals surface area contributed by atoms with Gasteiger partial charge in [-0.15, -0.1) is 11.3 Å². The Morgan fingerprint density at radius 2 is 2.30 bits per heavy atom. The van der Waals surface area contributed by atoms with E-state index in [1.54, 1.807) is 18.3 Å². The monoisotopic (exact) mass is 306 g/mol. The molecule has 0 spiro atoms. The number of halogens is 1. The molecule has 2 N–H and O–H groups in total. The van der Waals surface area contributed by atoms with Crippen LogP contribution in [0.15, 0.2) is 28.9 Å². The Hall–Kier alpha value is -1.92. The molecule has 0 radical (unpaired) electrons. The first-order valence-electron chi connectivity index (χ1n) is 6.02. The number of aryl methyl sites for hydroxylation is 1. The molecule has 5 nitrogen and oxygen atoms in total. The van der Waals surface area contributed by atoms with Crippen LogP contribution >= 0.6 is 22.9 Å². The van der Waals surface area contributed by atoms with E-state index < -0.39 is 0 Å². The molecule has 0 saturated heterocycles. The molecule has 0 unspecified atom stereocenters. The van der Waals surface area contributed by atoms with Crippen molar-refractivity contribution >= 4 is 27.9 Å². The molecular weight excluding hydrogens is 296 g/mol. The second kappa shape index (κ2) is 5.22. The van der Waals surface area contributed by atoms with Gasteiger partial charge in [0, 0.05) is 11.1 Å². The van der Waals surface area contributed by atoms with Crippen molar-refractivity contribution in [3.8, 4) is 23.0 Å². The Labute approximate surface area is 124 Å².